The van der Waals surface area contributed by atoms with Crippen LogP contribution < -0.4 is 0 Å². The molecular weight excluding hydrogens is 248 g/mol. The molecule has 19 heavy (non-hydrogen) atoms. The van der Waals surface area contributed by atoms with Gasteiger partial charge in [-0.3, -0.25) is 9.59 Å². The Morgan fingerprint density at radius 1 is 1.16 bits per heavy atom. The maximum absolute atomic E-state index is 11.2. The van der Waals surface area contributed by atoms with Crippen molar-refractivity contribution in [2.45, 2.75) is 50.7 Å². The smallest absolute Gasteiger partial charge is 0.309 e. The molecule has 0 aromatic rings. The highest BCUT2D eigenvalue weighted by Crippen LogP contribution is 2.44. The van der Waals surface area contributed by atoms with Crippen LogP contribution in [0.25, 0.3) is 0 Å². The van der Waals surface area contributed by atoms with Gasteiger partial charge in [0, 0.05) is 12.3 Å². The molecule has 0 radical (unpaired) electrons. The summed E-state index contributed by atoms with van der Waals surface area (Å²) in [6.45, 7) is 0. The molecule has 0 unspecified atom stereocenters. The van der Waals surface area contributed by atoms with Crippen molar-refractivity contribution in [2.24, 2.45) is 11.8 Å². The topological polar surface area (TPSA) is 83.8 Å². The van der Waals surface area contributed by atoms with Gasteiger partial charge in [-0.25, -0.2) is 0 Å². The summed E-state index contributed by atoms with van der Waals surface area (Å²) in [5, 5.41) is 17.7. The molecule has 2 saturated heterocycles. The van der Waals surface area contributed by atoms with Crippen molar-refractivity contribution in [2.75, 3.05) is 0 Å². The van der Waals surface area contributed by atoms with Crippen molar-refractivity contribution in [1.29, 1.82) is 0 Å². The zero-order chi connectivity index (χ0) is 13.8. The van der Waals surface area contributed by atoms with E-state index in [4.69, 9.17) is 9.84 Å². The molecule has 0 aromatic heterocycles. The predicted octanol–water partition coefficient (Wildman–Crippen LogP) is 2.07. The molecule has 2 aliphatic heterocycles. The Hall–Kier alpha value is -1.36. The van der Waals surface area contributed by atoms with E-state index >= 15 is 0 Å². The summed E-state index contributed by atoms with van der Waals surface area (Å²) in [5.74, 6) is -1.96. The van der Waals surface area contributed by atoms with Crippen LogP contribution in [0.3, 0.4) is 0 Å². The van der Waals surface area contributed by atoms with E-state index < -0.39 is 17.9 Å². The average Bonchev–Trinajstić information content (AvgIpc) is 2.93. The molecule has 2 fully saturated rings. The minimum absolute atomic E-state index is 0.0178. The summed E-state index contributed by atoms with van der Waals surface area (Å²) in [7, 11) is 0. The van der Waals surface area contributed by atoms with Crippen LogP contribution >= 0.6 is 0 Å². The minimum Gasteiger partial charge on any atom is -0.481 e. The van der Waals surface area contributed by atoms with E-state index in [0.717, 1.165) is 25.7 Å². The summed E-state index contributed by atoms with van der Waals surface area (Å²) < 4.78 is 5.66. The number of carbonyl (C=O) groups is 2. The van der Waals surface area contributed by atoms with Crippen LogP contribution in [0.2, 0.25) is 0 Å². The maximum atomic E-state index is 11.2. The number of hydrogen-bond acceptors (Lipinski definition) is 3. The third-order valence-corrected chi connectivity index (χ3v) is 3.98. The molecular formula is C14H20O5. The molecule has 2 heterocycles. The zero-order valence-electron chi connectivity index (χ0n) is 10.8. The normalized spacial score (nSPS) is 33.1. The average molecular weight is 268 g/mol. The number of unbranched alkanes of at least 4 members (excludes halogenated alkanes) is 2. The fourth-order valence-electron chi connectivity index (χ4n) is 3.07. The second kappa shape index (κ2) is 6.19. The second-order valence-corrected chi connectivity index (χ2v) is 5.30. The van der Waals surface area contributed by atoms with Gasteiger partial charge in [0.2, 0.25) is 0 Å². The Balaban J connectivity index is 1.78. The van der Waals surface area contributed by atoms with Gasteiger partial charge in [0.15, 0.2) is 0 Å². The quantitative estimate of drug-likeness (QED) is 0.545. The van der Waals surface area contributed by atoms with Crippen molar-refractivity contribution < 1.29 is 24.5 Å². The number of ether oxygens (including phenoxy) is 1. The highest BCUT2D eigenvalue weighted by atomic mass is 16.5. The van der Waals surface area contributed by atoms with Crippen molar-refractivity contribution in [3.8, 4) is 0 Å². The first-order valence-electron chi connectivity index (χ1n) is 6.86. The first kappa shape index (κ1) is 14.1. The number of fused-ring (bicyclic) bond motifs is 2. The lowest BCUT2D eigenvalue weighted by atomic mass is 9.79. The Kier molecular flexibility index (Phi) is 4.58. The zero-order valence-corrected chi connectivity index (χ0v) is 10.8. The maximum Gasteiger partial charge on any atom is 0.309 e. The fraction of sp³-hybridized carbons (Fsp3) is 0.714. The molecule has 2 aliphatic rings. The lowest BCUT2D eigenvalue weighted by Gasteiger charge is -2.21. The lowest BCUT2D eigenvalue weighted by Crippen LogP contribution is -2.32. The third-order valence-electron chi connectivity index (χ3n) is 3.98. The summed E-state index contributed by atoms with van der Waals surface area (Å²) in [5.41, 5.74) is 0. The van der Waals surface area contributed by atoms with Gasteiger partial charge in [0.05, 0.1) is 18.1 Å². The van der Waals surface area contributed by atoms with Crippen LogP contribution in [-0.2, 0) is 14.3 Å². The standard InChI is InChI=1S/C14H20O5/c15-12(16)6-4-2-1-3-5-9-10-7-8-11(19-10)13(9)14(17)18/h3,5,9-11,13H,1-2,4,6-8H2,(H,15,16)(H,17,18)/t9-,10+,11-,13-/m0/s1. The number of hydrogen-bond donors (Lipinski definition) is 2. The Morgan fingerprint density at radius 3 is 2.58 bits per heavy atom. The van der Waals surface area contributed by atoms with E-state index in [2.05, 4.69) is 0 Å². The molecule has 5 nitrogen and oxygen atoms in total. The first-order chi connectivity index (χ1) is 9.09. The van der Waals surface area contributed by atoms with E-state index in [1.54, 1.807) is 0 Å². The van der Waals surface area contributed by atoms with Crippen LogP contribution in [0.4, 0.5) is 0 Å². The Bertz CT molecular complexity index is 376. The third kappa shape index (κ3) is 3.35. The summed E-state index contributed by atoms with van der Waals surface area (Å²) in [4.78, 5) is 21.6. The summed E-state index contributed by atoms with van der Waals surface area (Å²) in [6, 6.07) is 0. The van der Waals surface area contributed by atoms with E-state index in [-0.39, 0.29) is 24.5 Å². The van der Waals surface area contributed by atoms with Crippen LogP contribution in [0.5, 0.6) is 0 Å². The SMILES string of the molecule is O=C(O)CCCCC=C[C@@H]1[C@H](C(=O)O)[C@@H]2CC[C@H]1O2. The second-order valence-electron chi connectivity index (χ2n) is 5.30. The Morgan fingerprint density at radius 2 is 1.89 bits per heavy atom. The molecule has 2 N–H and O–H groups in total. The van der Waals surface area contributed by atoms with Crippen LogP contribution in [-0.4, -0.2) is 34.4 Å². The van der Waals surface area contributed by atoms with E-state index in [1.165, 1.54) is 0 Å². The molecule has 0 saturated carbocycles. The Labute approximate surface area is 112 Å². The monoisotopic (exact) mass is 268 g/mol. The molecule has 2 bridgehead atoms. The van der Waals surface area contributed by atoms with Gasteiger partial charge in [-0.15, -0.1) is 0 Å². The number of allylic oxidation sites excluding steroid dienone is 1. The van der Waals surface area contributed by atoms with E-state index in [1.807, 2.05) is 12.2 Å². The molecule has 0 aromatic carbocycles. The van der Waals surface area contributed by atoms with Gasteiger partial charge >= 0.3 is 11.9 Å². The molecule has 5 heteroatoms. The van der Waals surface area contributed by atoms with E-state index in [9.17, 15) is 14.7 Å². The van der Waals surface area contributed by atoms with Crippen LogP contribution in [0.15, 0.2) is 12.2 Å². The number of carboxylic acids is 2. The van der Waals surface area contributed by atoms with Gasteiger partial charge in [-0.2, -0.15) is 0 Å². The van der Waals surface area contributed by atoms with Gasteiger partial charge < -0.3 is 14.9 Å². The van der Waals surface area contributed by atoms with Gasteiger partial charge in [-0.1, -0.05) is 12.2 Å². The predicted molar refractivity (Wildman–Crippen MR) is 67.8 cm³/mol. The first-order valence-corrected chi connectivity index (χ1v) is 6.86. The number of aliphatic carboxylic acids is 2. The van der Waals surface area contributed by atoms with Crippen molar-refractivity contribution in [3.05, 3.63) is 12.2 Å². The van der Waals surface area contributed by atoms with Crippen molar-refractivity contribution in [1.82, 2.24) is 0 Å². The van der Waals surface area contributed by atoms with Gasteiger partial charge in [-0.05, 0) is 32.1 Å². The van der Waals surface area contributed by atoms with Crippen LogP contribution in [0, 0.1) is 11.8 Å². The van der Waals surface area contributed by atoms with Gasteiger partial charge in [0.25, 0.3) is 0 Å². The molecule has 2 rings (SSSR count). The number of carboxylic acid groups (broad SMARTS) is 2. The van der Waals surface area contributed by atoms with E-state index in [0.29, 0.717) is 6.42 Å². The highest BCUT2D eigenvalue weighted by Gasteiger charge is 2.51. The summed E-state index contributed by atoms with van der Waals surface area (Å²) in [6.07, 6.45) is 8.15. The van der Waals surface area contributed by atoms with Crippen molar-refractivity contribution >= 4 is 11.9 Å². The number of rotatable bonds is 7. The van der Waals surface area contributed by atoms with Crippen molar-refractivity contribution in [3.63, 3.8) is 0 Å². The molecule has 106 valence electrons. The minimum atomic E-state index is -0.771. The molecule has 0 amide bonds. The van der Waals surface area contributed by atoms with Crippen LogP contribution in [0.1, 0.15) is 38.5 Å². The van der Waals surface area contributed by atoms with Gasteiger partial charge in [0.1, 0.15) is 0 Å². The highest BCUT2D eigenvalue weighted by molar-refractivity contribution is 5.72. The summed E-state index contributed by atoms with van der Waals surface area (Å²) >= 11 is 0. The molecule has 4 atom stereocenters. The molecule has 0 aliphatic carbocycles. The largest absolute Gasteiger partial charge is 0.481 e. The molecule has 0 spiro atoms. The fourth-order valence-corrected chi connectivity index (χ4v) is 3.07. The lowest BCUT2D eigenvalue weighted by molar-refractivity contribution is -0.144.